The zero-order valence-electron chi connectivity index (χ0n) is 11.2. The van der Waals surface area contributed by atoms with Gasteiger partial charge in [0.15, 0.2) is 0 Å². The molecule has 0 radical (unpaired) electrons. The Kier molecular flexibility index (Phi) is 4.55. The lowest BCUT2D eigenvalue weighted by atomic mass is 9.99. The molecule has 20 heavy (non-hydrogen) atoms. The summed E-state index contributed by atoms with van der Waals surface area (Å²) in [5.41, 5.74) is 5.30. The molecule has 0 spiro atoms. The molecule has 6 heteroatoms. The minimum absolute atomic E-state index is 0.0417. The number of benzene rings is 1. The number of nitrogens with zero attached hydrogens (tertiary/aromatic N) is 1. The van der Waals surface area contributed by atoms with Crippen LogP contribution in [0.25, 0.3) is 0 Å². The Morgan fingerprint density at radius 3 is 2.65 bits per heavy atom. The second kappa shape index (κ2) is 6.01. The minimum Gasteiger partial charge on any atom is -0.394 e. The van der Waals surface area contributed by atoms with Crippen LogP contribution >= 0.6 is 0 Å². The molecule has 1 atom stereocenters. The van der Waals surface area contributed by atoms with Crippen LogP contribution in [0.4, 0.5) is 18.9 Å². The molecule has 1 aliphatic rings. The van der Waals surface area contributed by atoms with Gasteiger partial charge >= 0.3 is 6.18 Å². The standard InChI is InChI=1S/C14H19F3N2O/c15-14(16,17)13-7-11(5-4-10(13)8-18)19-6-2-1-3-12(19)9-20/h4-5,7,12,20H,1-3,6,8-9,18H2. The number of hydrogen-bond acceptors (Lipinski definition) is 3. The average Bonchev–Trinajstić information content (AvgIpc) is 2.45. The maximum Gasteiger partial charge on any atom is 0.416 e. The number of rotatable bonds is 3. The molecule has 0 amide bonds. The molecule has 1 aromatic carbocycles. The second-order valence-electron chi connectivity index (χ2n) is 5.07. The Bertz CT molecular complexity index is 462. The number of anilines is 1. The van der Waals surface area contributed by atoms with Crippen LogP contribution in [0.1, 0.15) is 30.4 Å². The van der Waals surface area contributed by atoms with E-state index < -0.39 is 11.7 Å². The monoisotopic (exact) mass is 288 g/mol. The highest BCUT2D eigenvalue weighted by Crippen LogP contribution is 2.35. The zero-order chi connectivity index (χ0) is 14.8. The molecule has 0 bridgehead atoms. The van der Waals surface area contributed by atoms with Crippen molar-refractivity contribution in [3.8, 4) is 0 Å². The molecule has 0 aliphatic carbocycles. The maximum absolute atomic E-state index is 13.0. The van der Waals surface area contributed by atoms with Crippen molar-refractivity contribution in [2.75, 3.05) is 18.1 Å². The van der Waals surface area contributed by atoms with E-state index in [1.165, 1.54) is 6.07 Å². The highest BCUT2D eigenvalue weighted by molar-refractivity contribution is 5.53. The fraction of sp³-hybridized carbons (Fsp3) is 0.571. The van der Waals surface area contributed by atoms with Crippen molar-refractivity contribution in [3.05, 3.63) is 29.3 Å². The molecule has 0 saturated carbocycles. The van der Waals surface area contributed by atoms with Crippen LogP contribution in [-0.4, -0.2) is 24.3 Å². The highest BCUT2D eigenvalue weighted by atomic mass is 19.4. The normalized spacial score (nSPS) is 20.2. The first kappa shape index (κ1) is 15.1. The second-order valence-corrected chi connectivity index (χ2v) is 5.07. The number of aliphatic hydroxyl groups excluding tert-OH is 1. The summed E-state index contributed by atoms with van der Waals surface area (Å²) >= 11 is 0. The first-order valence-electron chi connectivity index (χ1n) is 6.75. The summed E-state index contributed by atoms with van der Waals surface area (Å²) in [4.78, 5) is 1.86. The third-order valence-electron chi connectivity index (χ3n) is 3.79. The van der Waals surface area contributed by atoms with Gasteiger partial charge in [0.2, 0.25) is 0 Å². The summed E-state index contributed by atoms with van der Waals surface area (Å²) in [6, 6.07) is 4.14. The quantitative estimate of drug-likeness (QED) is 0.898. The van der Waals surface area contributed by atoms with Gasteiger partial charge in [-0.15, -0.1) is 0 Å². The van der Waals surface area contributed by atoms with Gasteiger partial charge in [0.05, 0.1) is 18.2 Å². The van der Waals surface area contributed by atoms with Crippen LogP contribution in [0.5, 0.6) is 0 Å². The highest BCUT2D eigenvalue weighted by Gasteiger charge is 2.34. The van der Waals surface area contributed by atoms with Crippen molar-refractivity contribution in [2.45, 2.75) is 38.0 Å². The number of piperidine rings is 1. The Hall–Kier alpha value is -1.27. The van der Waals surface area contributed by atoms with Crippen molar-refractivity contribution in [1.29, 1.82) is 0 Å². The van der Waals surface area contributed by atoms with E-state index in [0.717, 1.165) is 25.3 Å². The predicted molar refractivity (Wildman–Crippen MR) is 71.4 cm³/mol. The van der Waals surface area contributed by atoms with Crippen molar-refractivity contribution < 1.29 is 18.3 Å². The number of nitrogens with two attached hydrogens (primary N) is 1. The summed E-state index contributed by atoms with van der Waals surface area (Å²) in [6.07, 6.45) is -1.68. The predicted octanol–water partition coefficient (Wildman–Crippen LogP) is 2.52. The van der Waals surface area contributed by atoms with Gasteiger partial charge in [-0.25, -0.2) is 0 Å². The molecule has 1 unspecified atom stereocenters. The topological polar surface area (TPSA) is 49.5 Å². The molecule has 1 heterocycles. The average molecular weight is 288 g/mol. The molecule has 1 aromatic rings. The lowest BCUT2D eigenvalue weighted by molar-refractivity contribution is -0.138. The van der Waals surface area contributed by atoms with E-state index in [2.05, 4.69) is 0 Å². The van der Waals surface area contributed by atoms with Gasteiger partial charge in [0, 0.05) is 18.8 Å². The van der Waals surface area contributed by atoms with Crippen molar-refractivity contribution >= 4 is 5.69 Å². The lowest BCUT2D eigenvalue weighted by Gasteiger charge is -2.37. The van der Waals surface area contributed by atoms with Gasteiger partial charge < -0.3 is 15.7 Å². The molecule has 3 N–H and O–H groups in total. The lowest BCUT2D eigenvalue weighted by Crippen LogP contribution is -2.42. The third kappa shape index (κ3) is 3.07. The number of aliphatic hydroxyl groups is 1. The van der Waals surface area contributed by atoms with E-state index in [1.54, 1.807) is 6.07 Å². The van der Waals surface area contributed by atoms with Gasteiger partial charge in [0.1, 0.15) is 0 Å². The van der Waals surface area contributed by atoms with Gasteiger partial charge in [-0.3, -0.25) is 0 Å². The van der Waals surface area contributed by atoms with Gasteiger partial charge in [-0.1, -0.05) is 6.07 Å². The fourth-order valence-electron chi connectivity index (χ4n) is 2.72. The van der Waals surface area contributed by atoms with Crippen LogP contribution in [0.15, 0.2) is 18.2 Å². The van der Waals surface area contributed by atoms with Crippen LogP contribution < -0.4 is 10.6 Å². The van der Waals surface area contributed by atoms with E-state index >= 15 is 0 Å². The molecule has 1 saturated heterocycles. The van der Waals surface area contributed by atoms with Gasteiger partial charge in [-0.05, 0) is 37.0 Å². The van der Waals surface area contributed by atoms with Crippen LogP contribution in [0, 0.1) is 0 Å². The van der Waals surface area contributed by atoms with Crippen LogP contribution in [-0.2, 0) is 12.7 Å². The Labute approximate surface area is 116 Å². The van der Waals surface area contributed by atoms with Crippen molar-refractivity contribution in [3.63, 3.8) is 0 Å². The summed E-state index contributed by atoms with van der Waals surface area (Å²) in [5.74, 6) is 0. The van der Waals surface area contributed by atoms with Crippen molar-refractivity contribution in [2.24, 2.45) is 5.73 Å². The smallest absolute Gasteiger partial charge is 0.394 e. The Morgan fingerprint density at radius 2 is 2.05 bits per heavy atom. The maximum atomic E-state index is 13.0. The first-order valence-corrected chi connectivity index (χ1v) is 6.75. The van der Waals surface area contributed by atoms with E-state index in [-0.39, 0.29) is 24.8 Å². The van der Waals surface area contributed by atoms with Gasteiger partial charge in [0.25, 0.3) is 0 Å². The van der Waals surface area contributed by atoms with Crippen LogP contribution in [0.3, 0.4) is 0 Å². The van der Waals surface area contributed by atoms with E-state index in [4.69, 9.17) is 5.73 Å². The summed E-state index contributed by atoms with van der Waals surface area (Å²) in [7, 11) is 0. The van der Waals surface area contributed by atoms with Crippen molar-refractivity contribution in [1.82, 2.24) is 0 Å². The van der Waals surface area contributed by atoms with E-state index in [9.17, 15) is 18.3 Å². The Balaban J connectivity index is 2.37. The molecule has 2 rings (SSSR count). The summed E-state index contributed by atoms with van der Waals surface area (Å²) in [5, 5.41) is 9.37. The SMILES string of the molecule is NCc1ccc(N2CCCCC2CO)cc1C(F)(F)F. The molecule has 0 aromatic heterocycles. The van der Waals surface area contributed by atoms with Crippen LogP contribution in [0.2, 0.25) is 0 Å². The minimum atomic E-state index is -4.41. The number of hydrogen-bond donors (Lipinski definition) is 2. The molecular weight excluding hydrogens is 269 g/mol. The largest absolute Gasteiger partial charge is 0.416 e. The number of alkyl halides is 3. The fourth-order valence-corrected chi connectivity index (χ4v) is 2.72. The van der Waals surface area contributed by atoms with Gasteiger partial charge in [-0.2, -0.15) is 13.2 Å². The van der Waals surface area contributed by atoms with E-state index in [1.807, 2.05) is 4.90 Å². The summed E-state index contributed by atoms with van der Waals surface area (Å²) in [6.45, 7) is 0.489. The zero-order valence-corrected chi connectivity index (χ0v) is 11.2. The first-order chi connectivity index (χ1) is 9.47. The number of halogens is 3. The summed E-state index contributed by atoms with van der Waals surface area (Å²) < 4.78 is 39.1. The molecular formula is C14H19F3N2O. The Morgan fingerprint density at radius 1 is 1.30 bits per heavy atom. The molecule has 1 fully saturated rings. The molecule has 112 valence electrons. The molecule has 1 aliphatic heterocycles. The van der Waals surface area contributed by atoms with E-state index in [0.29, 0.717) is 12.2 Å². The molecule has 3 nitrogen and oxygen atoms in total. The third-order valence-corrected chi connectivity index (χ3v) is 3.79.